The smallest absolute Gasteiger partial charge is 0.203 e. The van der Waals surface area contributed by atoms with Gasteiger partial charge in [-0.3, -0.25) is 0 Å². The Morgan fingerprint density at radius 3 is 2.56 bits per heavy atom. The molecule has 0 amide bonds. The van der Waals surface area contributed by atoms with Crippen LogP contribution in [0.25, 0.3) is 0 Å². The fraction of sp³-hybridized carbons (Fsp3) is 0.800. The number of hydrogen-bond donors (Lipinski definition) is 1. The molecule has 4 nitrogen and oxygen atoms in total. The van der Waals surface area contributed by atoms with Crippen LogP contribution in [0.1, 0.15) is 25.7 Å². The Morgan fingerprint density at radius 2 is 1.94 bits per heavy atom. The van der Waals surface area contributed by atoms with Crippen molar-refractivity contribution in [3.8, 4) is 0 Å². The molecule has 0 unspecified atom stereocenters. The van der Waals surface area contributed by atoms with Gasteiger partial charge in [-0.2, -0.15) is 0 Å². The minimum Gasteiger partial charge on any atom is -0.374 e. The zero-order valence-electron chi connectivity index (χ0n) is 9.39. The third-order valence-corrected chi connectivity index (χ3v) is 4.62. The van der Waals surface area contributed by atoms with E-state index in [4.69, 9.17) is 5.73 Å². The largest absolute Gasteiger partial charge is 0.374 e. The number of anilines is 1. The fourth-order valence-electron chi connectivity index (χ4n) is 1.90. The Bertz CT molecular complexity index is 308. The molecule has 90 valence electrons. The molecule has 2 rings (SSSR count). The first-order valence-corrected chi connectivity index (χ1v) is 7.59. The molecule has 1 aromatic heterocycles. The Kier molecular flexibility index (Phi) is 4.87. The van der Waals surface area contributed by atoms with Gasteiger partial charge in [-0.25, -0.2) is 0 Å². The summed E-state index contributed by atoms with van der Waals surface area (Å²) in [5, 5.41) is 8.38. The Hall–Kier alpha value is -0.330. The van der Waals surface area contributed by atoms with E-state index in [1.807, 2.05) is 0 Å². The molecular formula is C10H18N4S2. The summed E-state index contributed by atoms with van der Waals surface area (Å²) in [6, 6.07) is 0. The molecule has 0 aliphatic carbocycles. The van der Waals surface area contributed by atoms with E-state index in [9.17, 15) is 0 Å². The Morgan fingerprint density at radius 1 is 1.19 bits per heavy atom. The van der Waals surface area contributed by atoms with Crippen LogP contribution >= 0.6 is 23.1 Å². The summed E-state index contributed by atoms with van der Waals surface area (Å²) in [5.74, 6) is 1.09. The van der Waals surface area contributed by atoms with Crippen LogP contribution in [0.5, 0.6) is 0 Å². The van der Waals surface area contributed by atoms with Crippen molar-refractivity contribution in [3.05, 3.63) is 0 Å². The highest BCUT2D eigenvalue weighted by Gasteiger charge is 2.09. The highest BCUT2D eigenvalue weighted by Crippen LogP contribution is 2.23. The van der Waals surface area contributed by atoms with Crippen LogP contribution in [-0.4, -0.2) is 40.5 Å². The van der Waals surface area contributed by atoms with Crippen molar-refractivity contribution in [1.82, 2.24) is 15.1 Å². The molecule has 0 saturated carbocycles. The van der Waals surface area contributed by atoms with Gasteiger partial charge in [0, 0.05) is 12.3 Å². The van der Waals surface area contributed by atoms with E-state index in [2.05, 4.69) is 15.1 Å². The van der Waals surface area contributed by atoms with Gasteiger partial charge in [-0.05, 0) is 25.9 Å². The van der Waals surface area contributed by atoms with Crippen molar-refractivity contribution in [2.75, 3.05) is 31.1 Å². The predicted molar refractivity (Wildman–Crippen MR) is 70.0 cm³/mol. The van der Waals surface area contributed by atoms with E-state index >= 15 is 0 Å². The third kappa shape index (κ3) is 3.92. The summed E-state index contributed by atoms with van der Waals surface area (Å²) >= 11 is 3.24. The van der Waals surface area contributed by atoms with Gasteiger partial charge in [0.1, 0.15) is 0 Å². The second-order valence-corrected chi connectivity index (χ2v) is 6.36. The standard InChI is InChI=1S/C10H18N4S2/c11-9-12-13-10(16-9)15-8-7-14-5-3-1-2-4-6-14/h1-8H2,(H2,11,12). The summed E-state index contributed by atoms with van der Waals surface area (Å²) < 4.78 is 0.993. The quantitative estimate of drug-likeness (QED) is 0.838. The second kappa shape index (κ2) is 6.42. The van der Waals surface area contributed by atoms with Gasteiger partial charge in [0.25, 0.3) is 0 Å². The van der Waals surface area contributed by atoms with Crippen LogP contribution in [0.4, 0.5) is 5.13 Å². The van der Waals surface area contributed by atoms with Gasteiger partial charge in [0.05, 0.1) is 0 Å². The molecule has 1 aromatic rings. The van der Waals surface area contributed by atoms with Gasteiger partial charge >= 0.3 is 0 Å². The molecular weight excluding hydrogens is 240 g/mol. The maximum Gasteiger partial charge on any atom is 0.203 e. The molecule has 0 bridgehead atoms. The van der Waals surface area contributed by atoms with Crippen LogP contribution in [0.3, 0.4) is 0 Å². The molecule has 1 aliphatic rings. The molecule has 0 spiro atoms. The molecule has 0 aromatic carbocycles. The van der Waals surface area contributed by atoms with Crippen molar-refractivity contribution >= 4 is 28.2 Å². The first-order valence-electron chi connectivity index (χ1n) is 5.79. The number of likely N-dealkylation sites (tertiary alicyclic amines) is 1. The van der Waals surface area contributed by atoms with Gasteiger partial charge in [0.15, 0.2) is 4.34 Å². The van der Waals surface area contributed by atoms with E-state index in [1.165, 1.54) is 50.1 Å². The van der Waals surface area contributed by atoms with Crippen LogP contribution in [0.15, 0.2) is 4.34 Å². The highest BCUT2D eigenvalue weighted by atomic mass is 32.2. The van der Waals surface area contributed by atoms with E-state index in [-0.39, 0.29) is 0 Å². The van der Waals surface area contributed by atoms with Gasteiger partial charge < -0.3 is 10.6 Å². The van der Waals surface area contributed by atoms with Crippen molar-refractivity contribution in [2.24, 2.45) is 0 Å². The van der Waals surface area contributed by atoms with Crippen molar-refractivity contribution in [3.63, 3.8) is 0 Å². The van der Waals surface area contributed by atoms with E-state index < -0.39 is 0 Å². The third-order valence-electron chi connectivity index (χ3n) is 2.75. The van der Waals surface area contributed by atoms with Crippen LogP contribution < -0.4 is 5.73 Å². The molecule has 16 heavy (non-hydrogen) atoms. The van der Waals surface area contributed by atoms with Gasteiger partial charge in [0.2, 0.25) is 5.13 Å². The summed E-state index contributed by atoms with van der Waals surface area (Å²) in [6.45, 7) is 3.68. The molecule has 2 heterocycles. The summed E-state index contributed by atoms with van der Waals surface area (Å²) in [6.07, 6.45) is 5.51. The molecule has 1 saturated heterocycles. The molecule has 6 heteroatoms. The van der Waals surface area contributed by atoms with Crippen molar-refractivity contribution in [2.45, 2.75) is 30.0 Å². The lowest BCUT2D eigenvalue weighted by atomic mass is 10.2. The number of rotatable bonds is 4. The normalized spacial score (nSPS) is 18.5. The average Bonchev–Trinajstić information content (AvgIpc) is 2.54. The number of thioether (sulfide) groups is 1. The van der Waals surface area contributed by atoms with E-state index in [1.54, 1.807) is 11.8 Å². The molecule has 1 fully saturated rings. The first kappa shape index (κ1) is 12.1. The summed E-state index contributed by atoms with van der Waals surface area (Å²) in [7, 11) is 0. The van der Waals surface area contributed by atoms with Crippen LogP contribution in [-0.2, 0) is 0 Å². The van der Waals surface area contributed by atoms with E-state index in [0.717, 1.165) is 16.6 Å². The fourth-order valence-corrected chi connectivity index (χ4v) is 3.61. The minimum atomic E-state index is 0.567. The Labute approximate surface area is 105 Å². The van der Waals surface area contributed by atoms with E-state index in [0.29, 0.717) is 5.13 Å². The molecule has 0 radical (unpaired) electrons. The van der Waals surface area contributed by atoms with Crippen LogP contribution in [0, 0.1) is 0 Å². The summed E-state index contributed by atoms with van der Waals surface area (Å²) in [5.41, 5.74) is 5.53. The zero-order chi connectivity index (χ0) is 11.2. The molecule has 2 N–H and O–H groups in total. The lowest BCUT2D eigenvalue weighted by molar-refractivity contribution is 0.303. The monoisotopic (exact) mass is 258 g/mol. The van der Waals surface area contributed by atoms with Crippen molar-refractivity contribution < 1.29 is 0 Å². The SMILES string of the molecule is Nc1nnc(SCCN2CCCCCC2)s1. The van der Waals surface area contributed by atoms with Gasteiger partial charge in [-0.15, -0.1) is 10.2 Å². The lowest BCUT2D eigenvalue weighted by Crippen LogP contribution is -2.26. The second-order valence-electron chi connectivity index (χ2n) is 4.01. The summed E-state index contributed by atoms with van der Waals surface area (Å²) in [4.78, 5) is 2.56. The maximum absolute atomic E-state index is 5.53. The molecule has 0 atom stereocenters. The maximum atomic E-state index is 5.53. The number of hydrogen-bond acceptors (Lipinski definition) is 6. The predicted octanol–water partition coefficient (Wildman–Crippen LogP) is 2.09. The zero-order valence-corrected chi connectivity index (χ0v) is 11.0. The number of nitrogens with two attached hydrogens (primary N) is 1. The Balaban J connectivity index is 1.67. The number of nitrogens with zero attached hydrogens (tertiary/aromatic N) is 3. The average molecular weight is 258 g/mol. The number of aromatic nitrogens is 2. The minimum absolute atomic E-state index is 0.567. The number of nitrogen functional groups attached to an aromatic ring is 1. The molecule has 1 aliphatic heterocycles. The van der Waals surface area contributed by atoms with Gasteiger partial charge in [-0.1, -0.05) is 35.9 Å². The van der Waals surface area contributed by atoms with Crippen molar-refractivity contribution in [1.29, 1.82) is 0 Å². The topological polar surface area (TPSA) is 55.0 Å². The first-order chi connectivity index (χ1) is 7.84. The van der Waals surface area contributed by atoms with Crippen LogP contribution in [0.2, 0.25) is 0 Å². The highest BCUT2D eigenvalue weighted by molar-refractivity contribution is 8.01. The lowest BCUT2D eigenvalue weighted by Gasteiger charge is -2.18.